The second kappa shape index (κ2) is 19.9. The maximum absolute atomic E-state index is 10.4. The number of hydrogen-bond acceptors (Lipinski definition) is 4. The number of anilines is 4. The molecular weight excluding hydrogens is 945 g/mol. The molecule has 4 nitrogen and oxygen atoms in total. The number of allylic oxidation sites excluding steroid dienone is 10. The molecule has 0 fully saturated rings. The molecule has 0 amide bonds. The van der Waals surface area contributed by atoms with Gasteiger partial charge in [0.1, 0.15) is 0 Å². The molecule has 0 saturated carbocycles. The summed E-state index contributed by atoms with van der Waals surface area (Å²) in [7, 11) is 0. The highest BCUT2D eigenvalue weighted by Gasteiger charge is 2.41. The number of nitriles is 2. The first kappa shape index (κ1) is 49.4. The van der Waals surface area contributed by atoms with Crippen LogP contribution >= 0.6 is 0 Å². The van der Waals surface area contributed by atoms with Gasteiger partial charge in [0.15, 0.2) is 0 Å². The van der Waals surface area contributed by atoms with Crippen molar-refractivity contribution in [3.05, 3.63) is 296 Å². The minimum absolute atomic E-state index is 0.0880. The number of rotatable bonds is 10. The van der Waals surface area contributed by atoms with E-state index in [1.54, 1.807) is 0 Å². The van der Waals surface area contributed by atoms with E-state index in [1.807, 2.05) is 36.4 Å². The lowest BCUT2D eigenvalue weighted by Gasteiger charge is -2.44. The quantitative estimate of drug-likeness (QED) is 0.137. The van der Waals surface area contributed by atoms with Gasteiger partial charge < -0.3 is 9.80 Å². The number of aryl methyl sites for hydroxylation is 8. The standard InChI is InChI=1S/C74H60N4/c1-45-15-19-49(5)63(35-45)57-27-33-71(67(41-57)65-37-47(3)17-21-51(65)7)77(59-13-9-11-53(39-59)43-75)69-31-25-55-24-30-62-70(32-26-56-23-29-61(69)73(55)74(56)62)78(60-14-10-12-54(40-60)44-76)72-34-28-58(64-36-46(2)16-20-50(64)6)42-68(72)66-38-48(4)18-22-52(66)8/h9-42,69,74H,1-8H3. The van der Waals surface area contributed by atoms with E-state index >= 15 is 0 Å². The Morgan fingerprint density at radius 2 is 0.936 bits per heavy atom. The highest BCUT2D eigenvalue weighted by molar-refractivity contribution is 5.93. The van der Waals surface area contributed by atoms with Gasteiger partial charge in [-0.3, -0.25) is 0 Å². The van der Waals surface area contributed by atoms with Crippen molar-refractivity contribution >= 4 is 22.7 Å². The van der Waals surface area contributed by atoms with Crippen LogP contribution in [0.2, 0.25) is 0 Å². The zero-order valence-corrected chi connectivity index (χ0v) is 45.6. The van der Waals surface area contributed by atoms with Crippen LogP contribution < -0.4 is 9.80 Å². The monoisotopic (exact) mass is 1000 g/mol. The van der Waals surface area contributed by atoms with Crippen LogP contribution in [-0.4, -0.2) is 6.04 Å². The SMILES string of the molecule is Cc1ccc(C)c(-c2ccc(N(C3=C4C=CC5=C6C(=CC=C(C=C3)C46)C(N(c3cccc(C#N)c3)c3ccc(-c4cc(C)ccc4C)cc3-c3cc(C)ccc3C)C=C5)c3cccc(C#N)c3)c(-c3cc(C)ccc3C)c2)c1. The van der Waals surface area contributed by atoms with E-state index in [9.17, 15) is 10.5 Å². The van der Waals surface area contributed by atoms with Crippen molar-refractivity contribution in [1.29, 1.82) is 10.5 Å². The van der Waals surface area contributed by atoms with Gasteiger partial charge in [0.25, 0.3) is 0 Å². The Morgan fingerprint density at radius 1 is 0.423 bits per heavy atom. The third kappa shape index (κ3) is 8.76. The highest BCUT2D eigenvalue weighted by atomic mass is 15.2. The zero-order valence-electron chi connectivity index (χ0n) is 45.6. The van der Waals surface area contributed by atoms with E-state index in [2.05, 4.69) is 247 Å². The summed E-state index contributed by atoms with van der Waals surface area (Å²) in [5, 5.41) is 20.9. The molecule has 0 aliphatic heterocycles. The van der Waals surface area contributed by atoms with Gasteiger partial charge in [-0.2, -0.15) is 10.5 Å². The minimum atomic E-state index is -0.245. The molecule has 78 heavy (non-hydrogen) atoms. The van der Waals surface area contributed by atoms with Gasteiger partial charge in [0, 0.05) is 34.1 Å². The van der Waals surface area contributed by atoms with Gasteiger partial charge in [-0.15, -0.1) is 0 Å². The summed E-state index contributed by atoms with van der Waals surface area (Å²) in [6.07, 6.45) is 18.5. The largest absolute Gasteiger partial charge is 0.330 e. The van der Waals surface area contributed by atoms with Crippen LogP contribution in [0.5, 0.6) is 0 Å². The topological polar surface area (TPSA) is 54.1 Å². The summed E-state index contributed by atoms with van der Waals surface area (Å²) in [6, 6.07) is 61.5. The maximum atomic E-state index is 10.4. The Labute approximate surface area is 460 Å². The van der Waals surface area contributed by atoms with Crippen LogP contribution in [0.3, 0.4) is 0 Å². The van der Waals surface area contributed by atoms with E-state index in [0.29, 0.717) is 11.1 Å². The van der Waals surface area contributed by atoms with Gasteiger partial charge in [-0.1, -0.05) is 162 Å². The van der Waals surface area contributed by atoms with Crippen LogP contribution in [0.1, 0.15) is 55.6 Å². The summed E-state index contributed by atoms with van der Waals surface area (Å²) >= 11 is 0. The van der Waals surface area contributed by atoms with E-state index < -0.39 is 0 Å². The molecule has 4 heteroatoms. The fourth-order valence-electron chi connectivity index (χ4n) is 12.2. The van der Waals surface area contributed by atoms with Gasteiger partial charge in [-0.25, -0.2) is 0 Å². The van der Waals surface area contributed by atoms with Crippen molar-refractivity contribution in [2.75, 3.05) is 9.80 Å². The van der Waals surface area contributed by atoms with Crippen molar-refractivity contribution in [3.8, 4) is 56.6 Å². The summed E-state index contributed by atoms with van der Waals surface area (Å²) in [4.78, 5) is 4.86. The summed E-state index contributed by atoms with van der Waals surface area (Å²) in [5.74, 6) is -0.0880. The Morgan fingerprint density at radius 3 is 1.51 bits per heavy atom. The summed E-state index contributed by atoms with van der Waals surface area (Å²) in [6.45, 7) is 17.4. The molecule has 2 unspecified atom stereocenters. The van der Waals surface area contributed by atoms with E-state index in [-0.39, 0.29) is 12.0 Å². The van der Waals surface area contributed by atoms with Crippen LogP contribution in [0.25, 0.3) is 44.5 Å². The summed E-state index contributed by atoms with van der Waals surface area (Å²) < 4.78 is 0. The smallest absolute Gasteiger partial charge is 0.0992 e. The normalized spacial score (nSPS) is 15.8. The molecule has 4 aliphatic rings. The van der Waals surface area contributed by atoms with Crippen LogP contribution in [0, 0.1) is 84.0 Å². The number of hydrogen-bond donors (Lipinski definition) is 0. The first-order valence-electron chi connectivity index (χ1n) is 27.0. The molecule has 0 aromatic heterocycles. The maximum Gasteiger partial charge on any atom is 0.0992 e. The van der Waals surface area contributed by atoms with Crippen molar-refractivity contribution in [2.24, 2.45) is 5.92 Å². The van der Waals surface area contributed by atoms with Gasteiger partial charge in [0.2, 0.25) is 0 Å². The Bertz CT molecular complexity index is 4170. The first-order chi connectivity index (χ1) is 37.8. The molecule has 0 bridgehead atoms. The third-order valence-corrected chi connectivity index (χ3v) is 16.2. The molecule has 0 saturated heterocycles. The molecular formula is C74H60N4. The van der Waals surface area contributed by atoms with Crippen LogP contribution in [0.15, 0.2) is 240 Å². The van der Waals surface area contributed by atoms with Crippen LogP contribution in [0.4, 0.5) is 22.7 Å². The second-order valence-electron chi connectivity index (χ2n) is 21.7. The van der Waals surface area contributed by atoms with Gasteiger partial charge in [0.05, 0.1) is 40.7 Å². The average molecular weight is 1010 g/mol. The first-order valence-corrected chi connectivity index (χ1v) is 27.0. The summed E-state index contributed by atoms with van der Waals surface area (Å²) in [5.41, 5.74) is 31.2. The molecule has 2 atom stereocenters. The fourth-order valence-corrected chi connectivity index (χ4v) is 12.2. The molecule has 0 spiro atoms. The van der Waals surface area contributed by atoms with Crippen molar-refractivity contribution in [1.82, 2.24) is 0 Å². The molecule has 12 rings (SSSR count). The van der Waals surface area contributed by atoms with E-state index in [0.717, 1.165) is 50.7 Å². The molecule has 4 aliphatic carbocycles. The molecule has 0 heterocycles. The second-order valence-corrected chi connectivity index (χ2v) is 21.7. The Balaban J connectivity index is 1.05. The van der Waals surface area contributed by atoms with Crippen molar-refractivity contribution in [3.63, 3.8) is 0 Å². The zero-order chi connectivity index (χ0) is 53.9. The molecule has 376 valence electrons. The molecule has 8 aromatic rings. The highest BCUT2D eigenvalue weighted by Crippen LogP contribution is 2.54. The molecule has 8 aromatic carbocycles. The fraction of sp³-hybridized carbons (Fsp3) is 0.135. The van der Waals surface area contributed by atoms with Crippen LogP contribution in [-0.2, 0) is 0 Å². The Kier molecular flexibility index (Phi) is 12.6. The van der Waals surface area contributed by atoms with Gasteiger partial charge >= 0.3 is 0 Å². The number of nitrogens with zero attached hydrogens (tertiary/aromatic N) is 4. The average Bonchev–Trinajstić information content (AvgIpc) is 3.52. The lowest BCUT2D eigenvalue weighted by atomic mass is 9.67. The predicted octanol–water partition coefficient (Wildman–Crippen LogP) is 18.7. The van der Waals surface area contributed by atoms with E-state index in [1.165, 1.54) is 94.6 Å². The predicted molar refractivity (Wildman–Crippen MR) is 324 cm³/mol. The molecule has 0 radical (unpaired) electrons. The molecule has 0 N–H and O–H groups in total. The van der Waals surface area contributed by atoms with E-state index in [4.69, 9.17) is 0 Å². The third-order valence-electron chi connectivity index (χ3n) is 16.2. The van der Waals surface area contributed by atoms with Crippen molar-refractivity contribution in [2.45, 2.75) is 61.4 Å². The van der Waals surface area contributed by atoms with Crippen molar-refractivity contribution < 1.29 is 0 Å². The van der Waals surface area contributed by atoms with Gasteiger partial charge in [-0.05, 0) is 206 Å². The Hall–Kier alpha value is -9.48. The number of benzene rings is 8. The minimum Gasteiger partial charge on any atom is -0.330 e. The lowest BCUT2D eigenvalue weighted by Crippen LogP contribution is -2.37. The lowest BCUT2D eigenvalue weighted by molar-refractivity contribution is 0.773.